The quantitative estimate of drug-likeness (QED) is 0.644. The van der Waals surface area contributed by atoms with Crippen LogP contribution in [0.5, 0.6) is 0 Å². The van der Waals surface area contributed by atoms with Gasteiger partial charge in [-0.05, 0) is 29.7 Å². The van der Waals surface area contributed by atoms with Crippen molar-refractivity contribution in [1.29, 1.82) is 0 Å². The molecule has 18 heavy (non-hydrogen) atoms. The van der Waals surface area contributed by atoms with Gasteiger partial charge in [-0.3, -0.25) is 4.84 Å². The van der Waals surface area contributed by atoms with E-state index >= 15 is 0 Å². The van der Waals surface area contributed by atoms with Crippen molar-refractivity contribution in [2.75, 3.05) is 0 Å². The molecule has 0 aliphatic carbocycles. The fraction of sp³-hybridized carbons (Fsp3) is 0.200. The van der Waals surface area contributed by atoms with Crippen molar-refractivity contribution >= 4 is 0 Å². The maximum absolute atomic E-state index is 13.1. The van der Waals surface area contributed by atoms with Gasteiger partial charge in [0.1, 0.15) is 5.82 Å². The second kappa shape index (κ2) is 6.28. The predicted octanol–water partition coefficient (Wildman–Crippen LogP) is 3.36. The molecule has 0 spiro atoms. The average molecular weight is 245 g/mol. The molecule has 94 valence electrons. The number of benzene rings is 2. The van der Waals surface area contributed by atoms with Gasteiger partial charge in [0.2, 0.25) is 0 Å². The van der Waals surface area contributed by atoms with Crippen LogP contribution in [0, 0.1) is 12.7 Å². The standard InChI is InChI=1S/C15H16FNO/c1-12-9-14(7-8-15(12)16)10-17-18-11-13-5-3-2-4-6-13/h2-9,17H,10-11H2,1H3. The molecule has 0 aliphatic heterocycles. The monoisotopic (exact) mass is 245 g/mol. The van der Waals surface area contributed by atoms with E-state index in [1.54, 1.807) is 13.0 Å². The first-order chi connectivity index (χ1) is 8.75. The number of hydrogen-bond acceptors (Lipinski definition) is 2. The minimum Gasteiger partial charge on any atom is -0.297 e. The molecule has 3 heteroatoms. The first-order valence-corrected chi connectivity index (χ1v) is 5.89. The van der Waals surface area contributed by atoms with Crippen LogP contribution in [0.4, 0.5) is 4.39 Å². The van der Waals surface area contributed by atoms with Crippen LogP contribution in [0.3, 0.4) is 0 Å². The van der Waals surface area contributed by atoms with Gasteiger partial charge in [-0.15, -0.1) is 0 Å². The van der Waals surface area contributed by atoms with E-state index in [2.05, 4.69) is 5.48 Å². The third-order valence-electron chi connectivity index (χ3n) is 2.68. The maximum atomic E-state index is 13.1. The molecule has 1 N–H and O–H groups in total. The summed E-state index contributed by atoms with van der Waals surface area (Å²) in [6, 6.07) is 15.0. The van der Waals surface area contributed by atoms with Crippen LogP contribution in [-0.4, -0.2) is 0 Å². The molecular weight excluding hydrogens is 229 g/mol. The molecule has 2 nitrogen and oxygen atoms in total. The van der Waals surface area contributed by atoms with Gasteiger partial charge >= 0.3 is 0 Å². The minimum atomic E-state index is -0.177. The zero-order valence-electron chi connectivity index (χ0n) is 10.3. The highest BCUT2D eigenvalue weighted by Gasteiger charge is 1.99. The summed E-state index contributed by atoms with van der Waals surface area (Å²) in [6.45, 7) is 2.83. The number of hydroxylamine groups is 1. The molecule has 0 atom stereocenters. The van der Waals surface area contributed by atoms with Crippen LogP contribution in [-0.2, 0) is 18.0 Å². The Kier molecular flexibility index (Phi) is 4.45. The predicted molar refractivity (Wildman–Crippen MR) is 69.2 cm³/mol. The summed E-state index contributed by atoms with van der Waals surface area (Å²) < 4.78 is 13.1. The van der Waals surface area contributed by atoms with Gasteiger partial charge in [0.15, 0.2) is 0 Å². The number of rotatable bonds is 5. The Morgan fingerprint density at radius 1 is 1.06 bits per heavy atom. The Morgan fingerprint density at radius 3 is 2.56 bits per heavy atom. The molecule has 0 fully saturated rings. The van der Waals surface area contributed by atoms with Crippen LogP contribution >= 0.6 is 0 Å². The summed E-state index contributed by atoms with van der Waals surface area (Å²) in [5.74, 6) is -0.177. The number of hydrogen-bond donors (Lipinski definition) is 1. The van der Waals surface area contributed by atoms with E-state index in [-0.39, 0.29) is 5.82 Å². The molecule has 2 aromatic carbocycles. The highest BCUT2D eigenvalue weighted by atomic mass is 19.1. The van der Waals surface area contributed by atoms with Crippen LogP contribution in [0.2, 0.25) is 0 Å². The van der Waals surface area contributed by atoms with Crippen molar-refractivity contribution in [3.05, 3.63) is 71.0 Å². The van der Waals surface area contributed by atoms with E-state index in [0.717, 1.165) is 11.1 Å². The lowest BCUT2D eigenvalue weighted by Gasteiger charge is -2.07. The zero-order chi connectivity index (χ0) is 12.8. The Bertz CT molecular complexity index is 499. The third-order valence-corrected chi connectivity index (χ3v) is 2.68. The minimum absolute atomic E-state index is 0.177. The second-order valence-electron chi connectivity index (χ2n) is 4.18. The molecular formula is C15H16FNO. The fourth-order valence-corrected chi connectivity index (χ4v) is 1.66. The summed E-state index contributed by atoms with van der Waals surface area (Å²) in [5.41, 5.74) is 5.64. The van der Waals surface area contributed by atoms with Crippen molar-refractivity contribution in [2.45, 2.75) is 20.1 Å². The van der Waals surface area contributed by atoms with E-state index in [1.165, 1.54) is 6.07 Å². The van der Waals surface area contributed by atoms with Gasteiger partial charge in [0.05, 0.1) is 6.61 Å². The Labute approximate surface area is 106 Å². The summed E-state index contributed by atoms with van der Waals surface area (Å²) in [7, 11) is 0. The summed E-state index contributed by atoms with van der Waals surface area (Å²) in [5, 5.41) is 0. The van der Waals surface area contributed by atoms with E-state index in [1.807, 2.05) is 36.4 Å². The lowest BCUT2D eigenvalue weighted by Crippen LogP contribution is -2.14. The molecule has 0 radical (unpaired) electrons. The highest BCUT2D eigenvalue weighted by Crippen LogP contribution is 2.09. The normalized spacial score (nSPS) is 10.6. The lowest BCUT2D eigenvalue weighted by molar-refractivity contribution is 0.0235. The van der Waals surface area contributed by atoms with Gasteiger partial charge in [0.25, 0.3) is 0 Å². The molecule has 0 unspecified atom stereocenters. The smallest absolute Gasteiger partial charge is 0.126 e. The molecule has 0 saturated heterocycles. The van der Waals surface area contributed by atoms with Crippen molar-refractivity contribution in [3.63, 3.8) is 0 Å². The van der Waals surface area contributed by atoms with Crippen LogP contribution in [0.1, 0.15) is 16.7 Å². The maximum Gasteiger partial charge on any atom is 0.126 e. The average Bonchev–Trinajstić information content (AvgIpc) is 2.40. The van der Waals surface area contributed by atoms with E-state index in [9.17, 15) is 4.39 Å². The second-order valence-corrected chi connectivity index (χ2v) is 4.18. The molecule has 0 heterocycles. The number of aryl methyl sites for hydroxylation is 1. The summed E-state index contributed by atoms with van der Waals surface area (Å²) in [6.07, 6.45) is 0. The number of nitrogens with one attached hydrogen (secondary N) is 1. The van der Waals surface area contributed by atoms with Gasteiger partial charge in [-0.25, -0.2) is 4.39 Å². The molecule has 0 saturated carbocycles. The molecule has 0 amide bonds. The Hall–Kier alpha value is -1.71. The third kappa shape index (κ3) is 3.65. The van der Waals surface area contributed by atoms with Crippen LogP contribution in [0.15, 0.2) is 48.5 Å². The van der Waals surface area contributed by atoms with Gasteiger partial charge in [0, 0.05) is 6.54 Å². The first kappa shape index (κ1) is 12.7. The van der Waals surface area contributed by atoms with E-state index in [0.29, 0.717) is 18.7 Å². The van der Waals surface area contributed by atoms with Gasteiger partial charge < -0.3 is 0 Å². The van der Waals surface area contributed by atoms with Crippen LogP contribution in [0.25, 0.3) is 0 Å². The SMILES string of the molecule is Cc1cc(CNOCc2ccccc2)ccc1F. The van der Waals surface area contributed by atoms with E-state index in [4.69, 9.17) is 4.84 Å². The Morgan fingerprint density at radius 2 is 1.83 bits per heavy atom. The first-order valence-electron chi connectivity index (χ1n) is 5.89. The largest absolute Gasteiger partial charge is 0.297 e. The van der Waals surface area contributed by atoms with E-state index < -0.39 is 0 Å². The lowest BCUT2D eigenvalue weighted by atomic mass is 10.1. The molecule has 2 rings (SSSR count). The van der Waals surface area contributed by atoms with Gasteiger partial charge in [-0.1, -0.05) is 42.5 Å². The van der Waals surface area contributed by atoms with Gasteiger partial charge in [-0.2, -0.15) is 5.48 Å². The van der Waals surface area contributed by atoms with Crippen molar-refractivity contribution in [1.82, 2.24) is 5.48 Å². The fourth-order valence-electron chi connectivity index (χ4n) is 1.66. The highest BCUT2D eigenvalue weighted by molar-refractivity contribution is 5.23. The molecule has 0 bridgehead atoms. The topological polar surface area (TPSA) is 21.3 Å². The zero-order valence-corrected chi connectivity index (χ0v) is 10.3. The van der Waals surface area contributed by atoms with Crippen molar-refractivity contribution < 1.29 is 9.23 Å². The summed E-state index contributed by atoms with van der Waals surface area (Å²) in [4.78, 5) is 5.35. The van der Waals surface area contributed by atoms with Crippen LogP contribution < -0.4 is 5.48 Å². The molecule has 0 aliphatic rings. The molecule has 2 aromatic rings. The summed E-state index contributed by atoms with van der Waals surface area (Å²) >= 11 is 0. The number of halogens is 1. The van der Waals surface area contributed by atoms with Crippen molar-refractivity contribution in [3.8, 4) is 0 Å². The van der Waals surface area contributed by atoms with Crippen molar-refractivity contribution in [2.24, 2.45) is 0 Å². The molecule has 0 aromatic heterocycles. The Balaban J connectivity index is 1.77.